The highest BCUT2D eigenvalue weighted by molar-refractivity contribution is 6.31. The highest BCUT2D eigenvalue weighted by Gasteiger charge is 2.07. The smallest absolute Gasteiger partial charge is 0.162 e. The number of hydrogen-bond acceptors (Lipinski definition) is 1. The topological polar surface area (TPSA) is 17.1 Å². The van der Waals surface area contributed by atoms with Gasteiger partial charge in [0.05, 0.1) is 10.9 Å². The third-order valence-electron chi connectivity index (χ3n) is 2.70. The Morgan fingerprint density at radius 2 is 1.50 bits per heavy atom. The molecule has 2 aromatic rings. The van der Waals surface area contributed by atoms with E-state index in [9.17, 15) is 13.6 Å². The summed E-state index contributed by atoms with van der Waals surface area (Å²) in [5, 5.41) is 0.378. The maximum Gasteiger partial charge on any atom is 0.162 e. The lowest BCUT2D eigenvalue weighted by Crippen LogP contribution is -1.95. The van der Waals surface area contributed by atoms with Crippen LogP contribution in [0.2, 0.25) is 10.0 Å². The first kappa shape index (κ1) is 18.9. The molecule has 0 aliphatic carbocycles. The van der Waals surface area contributed by atoms with Crippen LogP contribution >= 0.6 is 34.8 Å². The van der Waals surface area contributed by atoms with Gasteiger partial charge in [-0.15, -0.1) is 11.6 Å². The molecule has 1 unspecified atom stereocenters. The number of hydrogen-bond donors (Lipinski definition) is 0. The van der Waals surface area contributed by atoms with Crippen molar-refractivity contribution in [2.45, 2.75) is 19.2 Å². The first-order chi connectivity index (χ1) is 10.2. The van der Waals surface area contributed by atoms with Gasteiger partial charge in [-0.05, 0) is 44.2 Å². The highest BCUT2D eigenvalue weighted by Crippen LogP contribution is 2.24. The molecule has 0 aliphatic heterocycles. The molecule has 0 radical (unpaired) electrons. The average molecular weight is 366 g/mol. The molecule has 0 bridgehead atoms. The van der Waals surface area contributed by atoms with E-state index in [-0.39, 0.29) is 22.5 Å². The SMILES string of the molecule is CC(=O)c1ccc(Cl)cc1F.CC(Cl)c1ccc(Cl)cc1F. The lowest BCUT2D eigenvalue weighted by molar-refractivity contribution is 0.101. The first-order valence-electron chi connectivity index (χ1n) is 6.27. The molecule has 0 heterocycles. The Bertz CT molecular complexity index is 672. The molecule has 0 N–H and O–H groups in total. The Labute approximate surface area is 142 Å². The molecule has 2 aromatic carbocycles. The van der Waals surface area contributed by atoms with Crippen molar-refractivity contribution >= 4 is 40.6 Å². The van der Waals surface area contributed by atoms with Gasteiger partial charge in [0, 0.05) is 15.6 Å². The lowest BCUT2D eigenvalue weighted by Gasteiger charge is -2.03. The second kappa shape index (κ2) is 8.47. The lowest BCUT2D eigenvalue weighted by atomic mass is 10.1. The average Bonchev–Trinajstić information content (AvgIpc) is 2.38. The summed E-state index contributed by atoms with van der Waals surface area (Å²) in [4.78, 5) is 10.7. The molecular formula is C16H13Cl3F2O. The predicted octanol–water partition coefficient (Wildman–Crippen LogP) is 6.46. The number of Topliss-reactive ketones (excluding diaryl/α,β-unsaturated/α-hetero) is 1. The quantitative estimate of drug-likeness (QED) is 0.441. The van der Waals surface area contributed by atoms with E-state index in [1.807, 2.05) is 0 Å². The zero-order valence-corrected chi connectivity index (χ0v) is 14.1. The van der Waals surface area contributed by atoms with Crippen molar-refractivity contribution in [3.8, 4) is 0 Å². The van der Waals surface area contributed by atoms with Gasteiger partial charge in [-0.3, -0.25) is 4.79 Å². The van der Waals surface area contributed by atoms with Gasteiger partial charge in [0.15, 0.2) is 5.78 Å². The van der Waals surface area contributed by atoms with Crippen molar-refractivity contribution < 1.29 is 13.6 Å². The Hall–Kier alpha value is -1.16. The van der Waals surface area contributed by atoms with E-state index in [0.29, 0.717) is 15.6 Å². The fourth-order valence-electron chi connectivity index (χ4n) is 1.60. The van der Waals surface area contributed by atoms with Gasteiger partial charge in [0.25, 0.3) is 0 Å². The minimum Gasteiger partial charge on any atom is -0.294 e. The standard InChI is InChI=1S/C8H7Cl2F.C8H6ClFO/c1-5(9)7-3-2-6(10)4-8(7)11;1-5(11)7-3-2-6(9)4-8(7)10/h2-5H,1H3;2-4H,1H3. The highest BCUT2D eigenvalue weighted by atomic mass is 35.5. The van der Waals surface area contributed by atoms with E-state index < -0.39 is 5.82 Å². The van der Waals surface area contributed by atoms with Gasteiger partial charge >= 0.3 is 0 Å². The van der Waals surface area contributed by atoms with Crippen LogP contribution in [0.3, 0.4) is 0 Å². The van der Waals surface area contributed by atoms with Crippen LogP contribution in [0.25, 0.3) is 0 Å². The van der Waals surface area contributed by atoms with Gasteiger partial charge in [-0.1, -0.05) is 29.3 Å². The Balaban J connectivity index is 0.000000220. The van der Waals surface area contributed by atoms with Crippen LogP contribution in [0.15, 0.2) is 36.4 Å². The molecule has 0 spiro atoms. The van der Waals surface area contributed by atoms with Gasteiger partial charge in [0.2, 0.25) is 0 Å². The number of halogens is 5. The maximum atomic E-state index is 12.9. The second-order valence-electron chi connectivity index (χ2n) is 4.46. The van der Waals surface area contributed by atoms with Crippen molar-refractivity contribution in [1.82, 2.24) is 0 Å². The van der Waals surface area contributed by atoms with E-state index in [4.69, 9.17) is 34.8 Å². The Kier molecular flexibility index (Phi) is 7.27. The molecule has 22 heavy (non-hydrogen) atoms. The summed E-state index contributed by atoms with van der Waals surface area (Å²) in [6.07, 6.45) is 0. The van der Waals surface area contributed by atoms with Crippen molar-refractivity contribution in [2.75, 3.05) is 0 Å². The summed E-state index contributed by atoms with van der Waals surface area (Å²) in [5.41, 5.74) is 0.561. The van der Waals surface area contributed by atoms with Crippen LogP contribution in [0.4, 0.5) is 8.78 Å². The van der Waals surface area contributed by atoms with Crippen LogP contribution in [-0.4, -0.2) is 5.78 Å². The third kappa shape index (κ3) is 5.56. The number of carbonyl (C=O) groups excluding carboxylic acids is 1. The second-order valence-corrected chi connectivity index (χ2v) is 5.99. The Morgan fingerprint density at radius 1 is 1.00 bits per heavy atom. The van der Waals surface area contributed by atoms with Gasteiger partial charge in [0.1, 0.15) is 11.6 Å². The normalized spacial score (nSPS) is 11.4. The monoisotopic (exact) mass is 364 g/mol. The minimum absolute atomic E-state index is 0.0781. The molecule has 6 heteroatoms. The molecule has 1 nitrogen and oxygen atoms in total. The number of benzene rings is 2. The zero-order chi connectivity index (χ0) is 16.9. The molecule has 118 valence electrons. The Morgan fingerprint density at radius 3 is 1.91 bits per heavy atom. The predicted molar refractivity (Wildman–Crippen MR) is 87.1 cm³/mol. The van der Waals surface area contributed by atoms with Crippen molar-refractivity contribution in [3.05, 3.63) is 69.2 Å². The van der Waals surface area contributed by atoms with E-state index in [1.165, 1.54) is 25.1 Å². The molecule has 2 rings (SSSR count). The fourth-order valence-corrected chi connectivity index (χ4v) is 2.09. The largest absolute Gasteiger partial charge is 0.294 e. The van der Waals surface area contributed by atoms with Crippen LogP contribution in [0.1, 0.15) is 35.1 Å². The summed E-state index contributed by atoms with van der Waals surface area (Å²) in [6.45, 7) is 3.03. The first-order valence-corrected chi connectivity index (χ1v) is 7.46. The molecule has 0 amide bonds. The maximum absolute atomic E-state index is 12.9. The fraction of sp³-hybridized carbons (Fsp3) is 0.188. The van der Waals surface area contributed by atoms with Gasteiger partial charge in [-0.2, -0.15) is 0 Å². The van der Waals surface area contributed by atoms with Crippen LogP contribution in [0.5, 0.6) is 0 Å². The van der Waals surface area contributed by atoms with E-state index >= 15 is 0 Å². The number of carbonyl (C=O) groups is 1. The van der Waals surface area contributed by atoms with Gasteiger partial charge in [-0.25, -0.2) is 8.78 Å². The van der Waals surface area contributed by atoms with Crippen molar-refractivity contribution in [3.63, 3.8) is 0 Å². The van der Waals surface area contributed by atoms with Gasteiger partial charge < -0.3 is 0 Å². The molecule has 0 fully saturated rings. The summed E-state index contributed by atoms with van der Waals surface area (Å²) in [6, 6.07) is 8.46. The molecular weight excluding hydrogens is 353 g/mol. The van der Waals surface area contributed by atoms with Crippen molar-refractivity contribution in [1.29, 1.82) is 0 Å². The summed E-state index contributed by atoms with van der Waals surface area (Å²) < 4.78 is 25.7. The van der Waals surface area contributed by atoms with E-state index in [1.54, 1.807) is 19.1 Å². The van der Waals surface area contributed by atoms with Crippen LogP contribution in [-0.2, 0) is 0 Å². The third-order valence-corrected chi connectivity index (χ3v) is 3.41. The van der Waals surface area contributed by atoms with Crippen molar-refractivity contribution in [2.24, 2.45) is 0 Å². The van der Waals surface area contributed by atoms with Crippen LogP contribution in [0, 0.1) is 11.6 Å². The number of alkyl halides is 1. The summed E-state index contributed by atoms with van der Waals surface area (Å²) in [7, 11) is 0. The minimum atomic E-state index is -0.565. The molecule has 0 aliphatic rings. The zero-order valence-electron chi connectivity index (χ0n) is 11.8. The number of ketones is 1. The van der Waals surface area contributed by atoms with E-state index in [0.717, 1.165) is 6.07 Å². The van der Waals surface area contributed by atoms with Crippen LogP contribution < -0.4 is 0 Å². The summed E-state index contributed by atoms with van der Waals surface area (Å²) >= 11 is 16.7. The molecule has 0 saturated heterocycles. The summed E-state index contributed by atoms with van der Waals surface area (Å²) in [5.74, 6) is -1.20. The molecule has 0 saturated carbocycles. The molecule has 1 atom stereocenters. The molecule has 0 aromatic heterocycles. The number of rotatable bonds is 2. The van der Waals surface area contributed by atoms with E-state index in [2.05, 4.69) is 0 Å².